The fourth-order valence-electron chi connectivity index (χ4n) is 2.69. The molecule has 1 aromatic heterocycles. The molecule has 0 bridgehead atoms. The molecule has 0 spiro atoms. The van der Waals surface area contributed by atoms with E-state index in [4.69, 9.17) is 0 Å². The summed E-state index contributed by atoms with van der Waals surface area (Å²) < 4.78 is 2.06. The maximum absolute atomic E-state index is 11.8. The molecule has 0 atom stereocenters. The van der Waals surface area contributed by atoms with Crippen molar-refractivity contribution in [2.45, 2.75) is 20.4 Å². The molecule has 0 aromatic carbocycles. The molecule has 3 amide bonds. The number of nitrogens with one attached hydrogen (secondary N) is 2. The quantitative estimate of drug-likeness (QED) is 0.819. The molecule has 7 nitrogen and oxygen atoms in total. The van der Waals surface area contributed by atoms with Crippen LogP contribution in [0.3, 0.4) is 0 Å². The van der Waals surface area contributed by atoms with E-state index in [0.29, 0.717) is 13.1 Å². The highest BCUT2D eigenvalue weighted by molar-refractivity contribution is 5.74. The van der Waals surface area contributed by atoms with Crippen LogP contribution < -0.4 is 10.6 Å². The van der Waals surface area contributed by atoms with Gasteiger partial charge < -0.3 is 20.1 Å². The van der Waals surface area contributed by atoms with Crippen LogP contribution in [-0.4, -0.2) is 65.6 Å². The minimum Gasteiger partial charge on any atom is -0.350 e. The van der Waals surface area contributed by atoms with E-state index in [1.807, 2.05) is 31.0 Å². The van der Waals surface area contributed by atoms with Crippen LogP contribution in [0.15, 0.2) is 12.1 Å². The monoisotopic (exact) mass is 321 g/mol. The number of piperazine rings is 1. The summed E-state index contributed by atoms with van der Waals surface area (Å²) >= 11 is 0. The Bertz CT molecular complexity index is 547. The van der Waals surface area contributed by atoms with Crippen LogP contribution in [0.4, 0.5) is 4.79 Å². The van der Waals surface area contributed by atoms with E-state index in [1.165, 1.54) is 5.69 Å². The zero-order chi connectivity index (χ0) is 16.8. The highest BCUT2D eigenvalue weighted by atomic mass is 16.2. The second-order valence-electron chi connectivity index (χ2n) is 5.98. The van der Waals surface area contributed by atoms with Gasteiger partial charge in [-0.2, -0.15) is 0 Å². The van der Waals surface area contributed by atoms with Crippen molar-refractivity contribution in [3.05, 3.63) is 23.5 Å². The molecule has 0 saturated carbocycles. The Hall–Kier alpha value is -2.02. The van der Waals surface area contributed by atoms with E-state index in [9.17, 15) is 9.59 Å². The van der Waals surface area contributed by atoms with Gasteiger partial charge in [0.05, 0.1) is 6.54 Å². The van der Waals surface area contributed by atoms with Crippen molar-refractivity contribution >= 4 is 11.9 Å². The standard InChI is InChI=1S/C16H27N5O2/c1-13-4-5-15(19(13)3)12-18-16(23)17-6-7-20-8-10-21(11-9-20)14(2)22/h4-5H,6-12H2,1-3H3,(H2,17,18,23). The Morgan fingerprint density at radius 1 is 1.13 bits per heavy atom. The van der Waals surface area contributed by atoms with Gasteiger partial charge in [0, 0.05) is 64.6 Å². The first-order chi connectivity index (χ1) is 11.0. The fraction of sp³-hybridized carbons (Fsp3) is 0.625. The Balaban J connectivity index is 1.60. The van der Waals surface area contributed by atoms with Gasteiger partial charge in [0.25, 0.3) is 0 Å². The lowest BCUT2D eigenvalue weighted by molar-refractivity contribution is -0.130. The maximum Gasteiger partial charge on any atom is 0.315 e. The molecule has 1 saturated heterocycles. The molecule has 0 aliphatic carbocycles. The molecule has 2 heterocycles. The zero-order valence-corrected chi connectivity index (χ0v) is 14.3. The third-order valence-electron chi connectivity index (χ3n) is 4.44. The number of hydrogen-bond acceptors (Lipinski definition) is 3. The highest BCUT2D eigenvalue weighted by Gasteiger charge is 2.18. The summed E-state index contributed by atoms with van der Waals surface area (Å²) in [5, 5.41) is 5.75. The molecule has 23 heavy (non-hydrogen) atoms. The second kappa shape index (κ2) is 8.01. The Morgan fingerprint density at radius 3 is 2.39 bits per heavy atom. The highest BCUT2D eigenvalue weighted by Crippen LogP contribution is 2.05. The van der Waals surface area contributed by atoms with Gasteiger partial charge in [-0.3, -0.25) is 9.69 Å². The van der Waals surface area contributed by atoms with Crippen molar-refractivity contribution in [3.8, 4) is 0 Å². The Labute approximate surface area is 137 Å². The molecule has 7 heteroatoms. The van der Waals surface area contributed by atoms with Crippen LogP contribution in [0.25, 0.3) is 0 Å². The van der Waals surface area contributed by atoms with Crippen molar-refractivity contribution in [1.82, 2.24) is 25.0 Å². The van der Waals surface area contributed by atoms with Gasteiger partial charge in [-0.15, -0.1) is 0 Å². The minimum atomic E-state index is -0.147. The number of carbonyl (C=O) groups is 2. The van der Waals surface area contributed by atoms with Gasteiger partial charge in [0.15, 0.2) is 0 Å². The lowest BCUT2D eigenvalue weighted by Gasteiger charge is -2.34. The van der Waals surface area contributed by atoms with Gasteiger partial charge in [0.1, 0.15) is 0 Å². The van der Waals surface area contributed by atoms with Crippen LogP contribution in [0.5, 0.6) is 0 Å². The predicted octanol–water partition coefficient (Wildman–Crippen LogP) is 0.297. The summed E-state index contributed by atoms with van der Waals surface area (Å²) in [6.07, 6.45) is 0. The number of amides is 3. The molecule has 2 rings (SSSR count). The molecule has 1 aliphatic rings. The van der Waals surface area contributed by atoms with E-state index in [-0.39, 0.29) is 11.9 Å². The van der Waals surface area contributed by atoms with Crippen molar-refractivity contribution in [2.75, 3.05) is 39.3 Å². The lowest BCUT2D eigenvalue weighted by Crippen LogP contribution is -2.50. The van der Waals surface area contributed by atoms with Crippen molar-refractivity contribution in [1.29, 1.82) is 0 Å². The van der Waals surface area contributed by atoms with E-state index in [0.717, 1.165) is 38.4 Å². The van der Waals surface area contributed by atoms with Crippen molar-refractivity contribution in [2.24, 2.45) is 7.05 Å². The predicted molar refractivity (Wildman–Crippen MR) is 89.1 cm³/mol. The number of carbonyl (C=O) groups excluding carboxylic acids is 2. The average molecular weight is 321 g/mol. The third-order valence-corrected chi connectivity index (χ3v) is 4.44. The maximum atomic E-state index is 11.8. The summed E-state index contributed by atoms with van der Waals surface area (Å²) in [5.74, 6) is 0.137. The van der Waals surface area contributed by atoms with E-state index >= 15 is 0 Å². The van der Waals surface area contributed by atoms with Crippen molar-refractivity contribution < 1.29 is 9.59 Å². The first-order valence-corrected chi connectivity index (χ1v) is 8.08. The molecule has 1 aliphatic heterocycles. The molecule has 2 N–H and O–H groups in total. The van der Waals surface area contributed by atoms with Gasteiger partial charge in [-0.05, 0) is 19.1 Å². The SMILES string of the molecule is CC(=O)N1CCN(CCNC(=O)NCc2ccc(C)n2C)CC1. The van der Waals surface area contributed by atoms with E-state index in [1.54, 1.807) is 6.92 Å². The number of nitrogens with zero attached hydrogens (tertiary/aromatic N) is 3. The minimum absolute atomic E-state index is 0.137. The zero-order valence-electron chi connectivity index (χ0n) is 14.3. The number of aryl methyl sites for hydroxylation is 1. The molecule has 128 valence electrons. The smallest absolute Gasteiger partial charge is 0.315 e. The summed E-state index contributed by atoms with van der Waals surface area (Å²) in [4.78, 5) is 27.2. The molecule has 0 unspecified atom stereocenters. The summed E-state index contributed by atoms with van der Waals surface area (Å²) in [6, 6.07) is 3.91. The summed E-state index contributed by atoms with van der Waals surface area (Å²) in [7, 11) is 1.99. The van der Waals surface area contributed by atoms with E-state index < -0.39 is 0 Å². The third kappa shape index (κ3) is 4.99. The molecule has 1 fully saturated rings. The molecular formula is C16H27N5O2. The summed E-state index contributed by atoms with van der Waals surface area (Å²) in [5.41, 5.74) is 2.25. The first kappa shape index (κ1) is 17.3. The largest absolute Gasteiger partial charge is 0.350 e. The second-order valence-corrected chi connectivity index (χ2v) is 5.98. The van der Waals surface area contributed by atoms with Crippen LogP contribution in [0, 0.1) is 6.92 Å². The van der Waals surface area contributed by atoms with Crippen LogP contribution in [0.1, 0.15) is 18.3 Å². The number of rotatable bonds is 5. The fourth-order valence-corrected chi connectivity index (χ4v) is 2.69. The number of hydrogen-bond donors (Lipinski definition) is 2. The summed E-state index contributed by atoms with van der Waals surface area (Å²) in [6.45, 7) is 8.86. The Morgan fingerprint density at radius 2 is 1.83 bits per heavy atom. The first-order valence-electron chi connectivity index (χ1n) is 8.08. The van der Waals surface area contributed by atoms with Crippen molar-refractivity contribution in [3.63, 3.8) is 0 Å². The number of aromatic nitrogens is 1. The molecular weight excluding hydrogens is 294 g/mol. The van der Waals surface area contributed by atoms with Crippen LogP contribution in [0.2, 0.25) is 0 Å². The lowest BCUT2D eigenvalue weighted by atomic mass is 10.3. The molecule has 0 radical (unpaired) electrons. The molecule has 1 aromatic rings. The van der Waals surface area contributed by atoms with Gasteiger partial charge >= 0.3 is 6.03 Å². The average Bonchev–Trinajstić information content (AvgIpc) is 2.85. The van der Waals surface area contributed by atoms with E-state index in [2.05, 4.69) is 20.1 Å². The van der Waals surface area contributed by atoms with Gasteiger partial charge in [-0.1, -0.05) is 0 Å². The van der Waals surface area contributed by atoms with Gasteiger partial charge in [0.2, 0.25) is 5.91 Å². The Kier molecular flexibility index (Phi) is 6.04. The number of urea groups is 1. The van der Waals surface area contributed by atoms with Gasteiger partial charge in [-0.25, -0.2) is 4.79 Å². The van der Waals surface area contributed by atoms with Crippen LogP contribution in [-0.2, 0) is 18.4 Å². The normalized spacial score (nSPS) is 15.5. The van der Waals surface area contributed by atoms with Crippen LogP contribution >= 0.6 is 0 Å². The topological polar surface area (TPSA) is 69.6 Å².